The summed E-state index contributed by atoms with van der Waals surface area (Å²) in [5, 5.41) is 0.525. The van der Waals surface area contributed by atoms with Gasteiger partial charge >= 0.3 is 5.97 Å². The van der Waals surface area contributed by atoms with Gasteiger partial charge in [0.15, 0.2) is 5.78 Å². The molecule has 0 aliphatic rings. The molecule has 0 fully saturated rings. The Hall–Kier alpha value is -3.26. The monoisotopic (exact) mass is 410 g/mol. The number of aryl methyl sites for hydroxylation is 1. The largest absolute Gasteiger partial charge is 0.462 e. The fourth-order valence-corrected chi connectivity index (χ4v) is 3.50. The summed E-state index contributed by atoms with van der Waals surface area (Å²) >= 11 is 0. The molecule has 3 rings (SSSR count). The molecule has 8 heteroatoms. The van der Waals surface area contributed by atoms with Crippen LogP contribution in [-0.4, -0.2) is 51.3 Å². The van der Waals surface area contributed by atoms with E-state index in [0.29, 0.717) is 39.2 Å². The summed E-state index contributed by atoms with van der Waals surface area (Å²) in [6.45, 7) is 7.55. The molecule has 30 heavy (non-hydrogen) atoms. The lowest BCUT2D eigenvalue weighted by Crippen LogP contribution is -2.37. The molecular weight excluding hydrogens is 384 g/mol. The van der Waals surface area contributed by atoms with Gasteiger partial charge in [0.25, 0.3) is 5.56 Å². The van der Waals surface area contributed by atoms with Gasteiger partial charge in [-0.05, 0) is 52.4 Å². The molecule has 0 bridgehead atoms. The maximum absolute atomic E-state index is 13.1. The molecule has 2 aromatic heterocycles. The first-order valence-electron chi connectivity index (χ1n) is 9.83. The number of carbonyl (C=O) groups is 2. The highest BCUT2D eigenvalue weighted by atomic mass is 16.5. The number of hydrogen-bond acceptors (Lipinski definition) is 6. The van der Waals surface area contributed by atoms with Gasteiger partial charge in [0.05, 0.1) is 41.4 Å². The Bertz CT molecular complexity index is 1160. The summed E-state index contributed by atoms with van der Waals surface area (Å²) < 4.78 is 5.09. The number of aromatic amines is 2. The Morgan fingerprint density at radius 3 is 2.60 bits per heavy atom. The van der Waals surface area contributed by atoms with Crippen molar-refractivity contribution in [3.63, 3.8) is 0 Å². The molecule has 2 heterocycles. The average Bonchev–Trinajstić information content (AvgIpc) is 3.01. The molecule has 0 aliphatic heterocycles. The Morgan fingerprint density at radius 2 is 1.90 bits per heavy atom. The topological polar surface area (TPSA) is 108 Å². The van der Waals surface area contributed by atoms with Crippen LogP contribution in [0.4, 0.5) is 0 Å². The lowest BCUT2D eigenvalue weighted by Gasteiger charge is -2.23. The number of aromatic nitrogens is 3. The number of carbonyl (C=O) groups excluding carboxylic acids is 2. The van der Waals surface area contributed by atoms with Crippen LogP contribution in [0.25, 0.3) is 10.9 Å². The molecule has 1 aromatic carbocycles. The van der Waals surface area contributed by atoms with E-state index in [1.165, 1.54) is 0 Å². The molecule has 3 aromatic rings. The fraction of sp³-hybridized carbons (Fsp3) is 0.364. The van der Waals surface area contributed by atoms with E-state index in [0.717, 1.165) is 0 Å². The zero-order chi connectivity index (χ0) is 22.0. The van der Waals surface area contributed by atoms with Gasteiger partial charge in [-0.3, -0.25) is 14.5 Å². The van der Waals surface area contributed by atoms with Crippen LogP contribution in [-0.2, 0) is 11.3 Å². The van der Waals surface area contributed by atoms with E-state index in [9.17, 15) is 14.4 Å². The molecule has 158 valence electrons. The third-order valence-electron chi connectivity index (χ3n) is 5.27. The van der Waals surface area contributed by atoms with Gasteiger partial charge in [0, 0.05) is 5.69 Å². The molecule has 0 saturated heterocycles. The third-order valence-corrected chi connectivity index (χ3v) is 5.27. The van der Waals surface area contributed by atoms with Crippen LogP contribution in [0.5, 0.6) is 0 Å². The number of esters is 1. The molecule has 2 N–H and O–H groups in total. The van der Waals surface area contributed by atoms with E-state index in [-0.39, 0.29) is 24.5 Å². The zero-order valence-corrected chi connectivity index (χ0v) is 17.8. The first-order valence-corrected chi connectivity index (χ1v) is 9.83. The number of nitrogens with zero attached hydrogens (tertiary/aromatic N) is 2. The quantitative estimate of drug-likeness (QED) is 0.458. The number of para-hydroxylation sites is 1. The molecule has 0 unspecified atom stereocenters. The molecule has 0 spiro atoms. The average molecular weight is 410 g/mol. The van der Waals surface area contributed by atoms with Crippen LogP contribution >= 0.6 is 0 Å². The van der Waals surface area contributed by atoms with Crippen molar-refractivity contribution in [1.29, 1.82) is 0 Å². The van der Waals surface area contributed by atoms with Crippen LogP contribution in [0.1, 0.15) is 51.8 Å². The van der Waals surface area contributed by atoms with E-state index >= 15 is 0 Å². The molecule has 0 aliphatic carbocycles. The summed E-state index contributed by atoms with van der Waals surface area (Å²) in [4.78, 5) is 49.7. The van der Waals surface area contributed by atoms with E-state index in [2.05, 4.69) is 15.0 Å². The van der Waals surface area contributed by atoms with Crippen molar-refractivity contribution in [3.8, 4) is 0 Å². The Kier molecular flexibility index (Phi) is 6.17. The fourth-order valence-electron chi connectivity index (χ4n) is 3.50. The van der Waals surface area contributed by atoms with Crippen LogP contribution in [0.3, 0.4) is 0 Å². The standard InChI is InChI=1S/C22H26N4O4/c1-6-30-22(29)18-12(2)19(23-13(18)3)20(27)14(4)26(5)11-17-24-16-10-8-7-9-15(16)21(28)25-17/h7-10,14,23H,6,11H2,1-5H3,(H,24,25,28)/t14-/m0/s1. The molecular formula is C22H26N4O4. The van der Waals surface area contributed by atoms with Crippen LogP contribution in [0.15, 0.2) is 29.1 Å². The van der Waals surface area contributed by atoms with Gasteiger partial charge in [-0.1, -0.05) is 12.1 Å². The van der Waals surface area contributed by atoms with E-state index < -0.39 is 12.0 Å². The van der Waals surface area contributed by atoms with Crippen LogP contribution in [0.2, 0.25) is 0 Å². The number of ketones is 1. The summed E-state index contributed by atoms with van der Waals surface area (Å²) in [7, 11) is 1.79. The van der Waals surface area contributed by atoms with Gasteiger partial charge in [0.2, 0.25) is 0 Å². The number of hydrogen-bond donors (Lipinski definition) is 2. The van der Waals surface area contributed by atoms with Crippen molar-refractivity contribution in [2.45, 2.75) is 40.3 Å². The van der Waals surface area contributed by atoms with Gasteiger partial charge in [-0.15, -0.1) is 0 Å². The maximum Gasteiger partial charge on any atom is 0.340 e. The van der Waals surface area contributed by atoms with Gasteiger partial charge in [0.1, 0.15) is 5.82 Å². The lowest BCUT2D eigenvalue weighted by molar-refractivity contribution is 0.0525. The Balaban J connectivity index is 1.82. The highest BCUT2D eigenvalue weighted by Crippen LogP contribution is 2.21. The second-order valence-corrected chi connectivity index (χ2v) is 7.33. The molecule has 8 nitrogen and oxygen atoms in total. The predicted octanol–water partition coefficient (Wildman–Crippen LogP) is 2.75. The van der Waals surface area contributed by atoms with Gasteiger partial charge in [-0.2, -0.15) is 0 Å². The first-order chi connectivity index (χ1) is 14.2. The number of H-pyrrole nitrogens is 2. The van der Waals surface area contributed by atoms with Crippen molar-refractivity contribution in [2.75, 3.05) is 13.7 Å². The summed E-state index contributed by atoms with van der Waals surface area (Å²) in [6.07, 6.45) is 0. The van der Waals surface area contributed by atoms with E-state index in [4.69, 9.17) is 4.74 Å². The van der Waals surface area contributed by atoms with Crippen LogP contribution in [0, 0.1) is 13.8 Å². The normalized spacial score (nSPS) is 12.3. The Labute approximate surface area is 174 Å². The minimum atomic E-state index is -0.506. The zero-order valence-electron chi connectivity index (χ0n) is 17.8. The first kappa shape index (κ1) is 21.4. The van der Waals surface area contributed by atoms with Crippen LogP contribution < -0.4 is 5.56 Å². The van der Waals surface area contributed by atoms with Crippen molar-refractivity contribution in [1.82, 2.24) is 19.9 Å². The number of fused-ring (bicyclic) bond motifs is 1. The SMILES string of the molecule is CCOC(=O)c1c(C)[nH]c(C(=O)[C@H](C)N(C)Cc2nc3ccccc3c(=O)[nH]2)c1C. The number of nitrogens with one attached hydrogen (secondary N) is 2. The predicted molar refractivity (Wildman–Crippen MR) is 114 cm³/mol. The summed E-state index contributed by atoms with van der Waals surface area (Å²) in [5.74, 6) is -0.119. The van der Waals surface area contributed by atoms with Crippen molar-refractivity contribution >= 4 is 22.7 Å². The Morgan fingerprint density at radius 1 is 1.20 bits per heavy atom. The van der Waals surface area contributed by atoms with E-state index in [1.807, 2.05) is 6.07 Å². The van der Waals surface area contributed by atoms with Crippen molar-refractivity contribution < 1.29 is 14.3 Å². The number of ether oxygens (including phenoxy) is 1. The number of benzene rings is 1. The molecule has 0 saturated carbocycles. The molecule has 0 amide bonds. The minimum absolute atomic E-state index is 0.156. The molecule has 0 radical (unpaired) electrons. The molecule has 1 atom stereocenters. The highest BCUT2D eigenvalue weighted by Gasteiger charge is 2.27. The van der Waals surface area contributed by atoms with Crippen molar-refractivity contribution in [2.24, 2.45) is 0 Å². The third kappa shape index (κ3) is 4.04. The maximum atomic E-state index is 13.1. The summed E-state index contributed by atoms with van der Waals surface area (Å²) in [6, 6.07) is 6.61. The second-order valence-electron chi connectivity index (χ2n) is 7.33. The van der Waals surface area contributed by atoms with Crippen molar-refractivity contribution in [3.05, 3.63) is 63.0 Å². The smallest absolute Gasteiger partial charge is 0.340 e. The number of Topliss-reactive ketones (excluding diaryl/α,β-unsaturated/α-hetero) is 1. The van der Waals surface area contributed by atoms with Gasteiger partial charge < -0.3 is 14.7 Å². The van der Waals surface area contributed by atoms with E-state index in [1.54, 1.807) is 57.8 Å². The highest BCUT2D eigenvalue weighted by molar-refractivity contribution is 6.03. The minimum Gasteiger partial charge on any atom is -0.462 e. The number of rotatable bonds is 7. The summed E-state index contributed by atoms with van der Waals surface area (Å²) in [5.41, 5.74) is 2.36. The van der Waals surface area contributed by atoms with Gasteiger partial charge in [-0.25, -0.2) is 9.78 Å². The number of likely N-dealkylation sites (N-methyl/N-ethyl adjacent to an activating group) is 1. The lowest BCUT2D eigenvalue weighted by atomic mass is 10.0. The second kappa shape index (κ2) is 8.62.